The molecule has 2 aromatic carbocycles. The third-order valence-corrected chi connectivity index (χ3v) is 5.92. The summed E-state index contributed by atoms with van der Waals surface area (Å²) in [6.45, 7) is 4.47. The molecule has 1 aliphatic rings. The van der Waals surface area contributed by atoms with E-state index in [2.05, 4.69) is 13.8 Å². The average molecular weight is 402 g/mol. The predicted octanol–water partition coefficient (Wildman–Crippen LogP) is 4.47. The van der Waals surface area contributed by atoms with E-state index in [1.54, 1.807) is 34.5 Å². The molecule has 0 aromatic heterocycles. The molecule has 2 unspecified atom stereocenters. The van der Waals surface area contributed by atoms with Crippen molar-refractivity contribution in [2.45, 2.75) is 26.7 Å². The van der Waals surface area contributed by atoms with Crippen molar-refractivity contribution in [1.82, 2.24) is 0 Å². The van der Waals surface area contributed by atoms with Gasteiger partial charge >= 0.3 is 0 Å². The minimum Gasteiger partial charge on any atom is -0.504 e. The van der Waals surface area contributed by atoms with Gasteiger partial charge in [0.2, 0.25) is 11.5 Å². The number of rotatable bonds is 5. The SMILES string of the molecule is COc1cc2c(c(OC)c1OC)-c1c(cc(O)c(OC)c1OC)CC(C)C(C)C2. The van der Waals surface area contributed by atoms with Gasteiger partial charge in [0.1, 0.15) is 0 Å². The molecule has 0 saturated heterocycles. The summed E-state index contributed by atoms with van der Waals surface area (Å²) in [6, 6.07) is 3.78. The van der Waals surface area contributed by atoms with Gasteiger partial charge in [-0.25, -0.2) is 0 Å². The second-order valence-corrected chi connectivity index (χ2v) is 7.54. The average Bonchev–Trinajstić information content (AvgIpc) is 2.71. The molecule has 29 heavy (non-hydrogen) atoms. The molecule has 0 fully saturated rings. The molecule has 2 aromatic rings. The first kappa shape index (κ1) is 21.0. The van der Waals surface area contributed by atoms with Crippen molar-refractivity contribution < 1.29 is 28.8 Å². The van der Waals surface area contributed by atoms with Crippen molar-refractivity contribution in [2.75, 3.05) is 35.5 Å². The Labute approximate surface area is 172 Å². The van der Waals surface area contributed by atoms with Crippen LogP contribution in [0.2, 0.25) is 0 Å². The maximum Gasteiger partial charge on any atom is 0.203 e. The monoisotopic (exact) mass is 402 g/mol. The topological polar surface area (TPSA) is 66.4 Å². The third kappa shape index (κ3) is 3.41. The Morgan fingerprint density at radius 2 is 1.10 bits per heavy atom. The van der Waals surface area contributed by atoms with Crippen molar-refractivity contribution in [1.29, 1.82) is 0 Å². The Morgan fingerprint density at radius 1 is 0.655 bits per heavy atom. The smallest absolute Gasteiger partial charge is 0.203 e. The zero-order chi connectivity index (χ0) is 21.3. The fourth-order valence-corrected chi connectivity index (χ4v) is 4.24. The number of phenols is 1. The standard InChI is InChI=1S/C23H30O6/c1-12-8-14-10-16(24)20(26-4)22(28-6)18(14)19-15(9-13(12)2)11-17(25-3)21(27-5)23(19)29-7/h10-13,24H,8-9H2,1-7H3. The minimum atomic E-state index is 0.0597. The molecular weight excluding hydrogens is 372 g/mol. The molecule has 0 radical (unpaired) electrons. The fraction of sp³-hybridized carbons (Fsp3) is 0.478. The second-order valence-electron chi connectivity index (χ2n) is 7.54. The molecule has 6 heteroatoms. The van der Waals surface area contributed by atoms with Gasteiger partial charge in [-0.15, -0.1) is 0 Å². The predicted molar refractivity (Wildman–Crippen MR) is 112 cm³/mol. The Bertz CT molecular complexity index is 905. The van der Waals surface area contributed by atoms with Crippen LogP contribution in [0.1, 0.15) is 25.0 Å². The van der Waals surface area contributed by atoms with Crippen molar-refractivity contribution in [3.05, 3.63) is 23.3 Å². The summed E-state index contributed by atoms with van der Waals surface area (Å²) in [5.74, 6) is 3.38. The van der Waals surface area contributed by atoms with E-state index in [9.17, 15) is 5.11 Å². The zero-order valence-corrected chi connectivity index (χ0v) is 18.2. The van der Waals surface area contributed by atoms with Crippen LogP contribution in [0.3, 0.4) is 0 Å². The van der Waals surface area contributed by atoms with Gasteiger partial charge in [-0.1, -0.05) is 13.8 Å². The summed E-state index contributed by atoms with van der Waals surface area (Å²) in [7, 11) is 7.93. The van der Waals surface area contributed by atoms with Gasteiger partial charge < -0.3 is 28.8 Å². The molecule has 1 N–H and O–H groups in total. The lowest BCUT2D eigenvalue weighted by Gasteiger charge is -2.30. The van der Waals surface area contributed by atoms with Crippen LogP contribution in [0.4, 0.5) is 0 Å². The second kappa shape index (κ2) is 8.31. The molecule has 0 saturated carbocycles. The van der Waals surface area contributed by atoms with Gasteiger partial charge in [-0.05, 0) is 47.9 Å². The number of methoxy groups -OCH3 is 5. The number of ether oxygens (including phenoxy) is 5. The van der Waals surface area contributed by atoms with Crippen molar-refractivity contribution >= 4 is 0 Å². The van der Waals surface area contributed by atoms with E-state index >= 15 is 0 Å². The highest BCUT2D eigenvalue weighted by molar-refractivity contribution is 5.88. The van der Waals surface area contributed by atoms with Crippen LogP contribution in [0.15, 0.2) is 12.1 Å². The van der Waals surface area contributed by atoms with Gasteiger partial charge in [-0.3, -0.25) is 0 Å². The van der Waals surface area contributed by atoms with Crippen LogP contribution < -0.4 is 23.7 Å². The van der Waals surface area contributed by atoms with Gasteiger partial charge in [-0.2, -0.15) is 0 Å². The molecule has 6 nitrogen and oxygen atoms in total. The number of hydrogen-bond donors (Lipinski definition) is 1. The number of phenolic OH excluding ortho intramolecular Hbond substituents is 1. The minimum absolute atomic E-state index is 0.0597. The Morgan fingerprint density at radius 3 is 1.55 bits per heavy atom. The lowest BCUT2D eigenvalue weighted by molar-refractivity contribution is 0.320. The van der Waals surface area contributed by atoms with Crippen LogP contribution in [0.25, 0.3) is 11.1 Å². The van der Waals surface area contributed by atoms with Gasteiger partial charge in [0.15, 0.2) is 23.0 Å². The van der Waals surface area contributed by atoms with Gasteiger partial charge in [0.25, 0.3) is 0 Å². The van der Waals surface area contributed by atoms with Crippen LogP contribution in [-0.2, 0) is 12.8 Å². The summed E-state index contributed by atoms with van der Waals surface area (Å²) in [5, 5.41) is 10.6. The highest BCUT2D eigenvalue weighted by Crippen LogP contribution is 2.55. The maximum atomic E-state index is 10.6. The largest absolute Gasteiger partial charge is 0.504 e. The van der Waals surface area contributed by atoms with E-state index in [-0.39, 0.29) is 5.75 Å². The van der Waals surface area contributed by atoms with E-state index < -0.39 is 0 Å². The van der Waals surface area contributed by atoms with E-state index in [1.165, 1.54) is 7.11 Å². The van der Waals surface area contributed by atoms with E-state index in [0.717, 1.165) is 35.1 Å². The highest BCUT2D eigenvalue weighted by atomic mass is 16.5. The number of fused-ring (bicyclic) bond motifs is 3. The van der Waals surface area contributed by atoms with Crippen LogP contribution >= 0.6 is 0 Å². The molecule has 0 amide bonds. The third-order valence-electron chi connectivity index (χ3n) is 5.92. The number of hydrogen-bond acceptors (Lipinski definition) is 6. The summed E-state index contributed by atoms with van der Waals surface area (Å²) in [6.07, 6.45) is 1.64. The highest BCUT2D eigenvalue weighted by Gasteiger charge is 2.32. The van der Waals surface area contributed by atoms with Crippen molar-refractivity contribution in [2.24, 2.45) is 11.8 Å². The molecule has 2 atom stereocenters. The van der Waals surface area contributed by atoms with Gasteiger partial charge in [0.05, 0.1) is 35.5 Å². The summed E-state index contributed by atoms with van der Waals surface area (Å²) >= 11 is 0. The zero-order valence-electron chi connectivity index (χ0n) is 18.2. The molecule has 1 aliphatic carbocycles. The first-order valence-corrected chi connectivity index (χ1v) is 9.70. The lowest BCUT2D eigenvalue weighted by atomic mass is 9.77. The van der Waals surface area contributed by atoms with Crippen LogP contribution in [0, 0.1) is 11.8 Å². The normalized spacial score (nSPS) is 18.0. The van der Waals surface area contributed by atoms with Gasteiger partial charge in [0, 0.05) is 11.1 Å². The number of benzene rings is 2. The van der Waals surface area contributed by atoms with Crippen molar-refractivity contribution in [3.8, 4) is 45.6 Å². The first-order chi connectivity index (χ1) is 13.9. The molecule has 3 rings (SSSR count). The molecule has 0 bridgehead atoms. The molecule has 0 heterocycles. The van der Waals surface area contributed by atoms with Crippen molar-refractivity contribution in [3.63, 3.8) is 0 Å². The summed E-state index contributed by atoms with van der Waals surface area (Å²) in [5.41, 5.74) is 3.79. The molecular formula is C23H30O6. The fourth-order valence-electron chi connectivity index (χ4n) is 4.24. The molecule has 158 valence electrons. The first-order valence-electron chi connectivity index (χ1n) is 9.70. The van der Waals surface area contributed by atoms with E-state index in [1.807, 2.05) is 6.07 Å². The summed E-state index contributed by atoms with van der Waals surface area (Å²) in [4.78, 5) is 0. The lowest BCUT2D eigenvalue weighted by Crippen LogP contribution is -2.18. The Hall–Kier alpha value is -2.76. The van der Waals surface area contributed by atoms with E-state index in [4.69, 9.17) is 23.7 Å². The molecule has 0 aliphatic heterocycles. The van der Waals surface area contributed by atoms with Crippen LogP contribution in [-0.4, -0.2) is 40.7 Å². The van der Waals surface area contributed by atoms with Crippen LogP contribution in [0.5, 0.6) is 34.5 Å². The maximum absolute atomic E-state index is 10.6. The Kier molecular flexibility index (Phi) is 6.01. The number of aromatic hydroxyl groups is 1. The molecule has 0 spiro atoms. The van der Waals surface area contributed by atoms with E-state index in [0.29, 0.717) is 40.6 Å². The quantitative estimate of drug-likeness (QED) is 0.796. The summed E-state index contributed by atoms with van der Waals surface area (Å²) < 4.78 is 28.3. The Balaban J connectivity index is 2.50.